The number of hydrogen-bond acceptors (Lipinski definition) is 3. The Kier molecular flexibility index (Phi) is 5.64. The normalized spacial score (nSPS) is 17.5. The van der Waals surface area contributed by atoms with E-state index >= 15 is 0 Å². The lowest BCUT2D eigenvalue weighted by atomic mass is 10.0. The molecule has 0 saturated carbocycles. The lowest BCUT2D eigenvalue weighted by Crippen LogP contribution is -2.46. The van der Waals surface area contributed by atoms with E-state index in [9.17, 15) is 4.79 Å². The average molecular weight is 326 g/mol. The fourth-order valence-corrected chi connectivity index (χ4v) is 3.28. The quantitative estimate of drug-likeness (QED) is 0.888. The van der Waals surface area contributed by atoms with Gasteiger partial charge in [-0.3, -0.25) is 14.8 Å². The van der Waals surface area contributed by atoms with Crippen LogP contribution in [0.15, 0.2) is 48.8 Å². The molecule has 2 atom stereocenters. The molecule has 1 aliphatic heterocycles. The van der Waals surface area contributed by atoms with Crippen LogP contribution in [-0.2, 0) is 11.3 Å². The van der Waals surface area contributed by atoms with Gasteiger partial charge in [0.25, 0.3) is 0 Å². The molecule has 1 aromatic carbocycles. The summed E-state index contributed by atoms with van der Waals surface area (Å²) in [5, 5.41) is 7.77. The van der Waals surface area contributed by atoms with E-state index in [4.69, 9.17) is 0 Å². The van der Waals surface area contributed by atoms with Gasteiger partial charge in [0, 0.05) is 31.5 Å². The topological polar surface area (TPSA) is 50.2 Å². The molecule has 1 fully saturated rings. The van der Waals surface area contributed by atoms with Gasteiger partial charge in [0.05, 0.1) is 6.54 Å². The first-order valence-corrected chi connectivity index (χ1v) is 8.81. The van der Waals surface area contributed by atoms with Crippen LogP contribution in [0.1, 0.15) is 37.8 Å². The molecule has 5 nitrogen and oxygen atoms in total. The van der Waals surface area contributed by atoms with Gasteiger partial charge in [-0.25, -0.2) is 0 Å². The number of nitrogens with zero attached hydrogens (tertiary/aromatic N) is 3. The Bertz CT molecular complexity index is 620. The van der Waals surface area contributed by atoms with Crippen LogP contribution in [-0.4, -0.2) is 39.7 Å². The van der Waals surface area contributed by atoms with Gasteiger partial charge in [-0.1, -0.05) is 30.3 Å². The van der Waals surface area contributed by atoms with Crippen molar-refractivity contribution in [3.8, 4) is 0 Å². The molecule has 1 amide bonds. The zero-order valence-electron chi connectivity index (χ0n) is 14.3. The molecule has 0 bridgehead atoms. The third-order valence-electron chi connectivity index (χ3n) is 4.52. The van der Waals surface area contributed by atoms with Crippen LogP contribution in [0.4, 0.5) is 0 Å². The van der Waals surface area contributed by atoms with Crippen LogP contribution in [0.2, 0.25) is 0 Å². The number of likely N-dealkylation sites (tertiary alicyclic amines) is 1. The second kappa shape index (κ2) is 8.11. The number of aromatic nitrogens is 2. The van der Waals surface area contributed by atoms with Gasteiger partial charge in [-0.05, 0) is 37.8 Å². The number of carbonyl (C=O) groups excluding carboxylic acids is 1. The van der Waals surface area contributed by atoms with Crippen molar-refractivity contribution >= 4 is 5.91 Å². The molecule has 0 radical (unpaired) electrons. The van der Waals surface area contributed by atoms with E-state index in [0.717, 1.165) is 38.0 Å². The molecule has 1 aromatic heterocycles. The van der Waals surface area contributed by atoms with Crippen LogP contribution in [0.3, 0.4) is 0 Å². The summed E-state index contributed by atoms with van der Waals surface area (Å²) in [6.45, 7) is 4.58. The Hall–Kier alpha value is -2.14. The Morgan fingerprint density at radius 3 is 2.58 bits per heavy atom. The Labute approximate surface area is 143 Å². The van der Waals surface area contributed by atoms with E-state index in [1.807, 2.05) is 52.2 Å². The van der Waals surface area contributed by atoms with Crippen molar-refractivity contribution in [2.75, 3.05) is 13.1 Å². The molecule has 1 aliphatic rings. The third kappa shape index (κ3) is 4.23. The van der Waals surface area contributed by atoms with Gasteiger partial charge in [0.2, 0.25) is 5.91 Å². The summed E-state index contributed by atoms with van der Waals surface area (Å²) >= 11 is 0. The first-order chi connectivity index (χ1) is 11.7. The zero-order valence-corrected chi connectivity index (χ0v) is 14.3. The molecule has 3 rings (SSSR count). The fraction of sp³-hybridized carbons (Fsp3) is 0.474. The number of hydrogen-bond donors (Lipinski definition) is 1. The van der Waals surface area contributed by atoms with E-state index < -0.39 is 0 Å². The summed E-state index contributed by atoms with van der Waals surface area (Å²) in [6.07, 6.45) is 7.16. The molecule has 2 heterocycles. The third-order valence-corrected chi connectivity index (χ3v) is 4.52. The van der Waals surface area contributed by atoms with Crippen molar-refractivity contribution in [2.24, 2.45) is 0 Å². The van der Waals surface area contributed by atoms with E-state index in [1.165, 1.54) is 6.42 Å². The minimum atomic E-state index is -0.296. The van der Waals surface area contributed by atoms with Gasteiger partial charge in [0.1, 0.15) is 6.04 Å². The maximum absolute atomic E-state index is 13.1. The highest BCUT2D eigenvalue weighted by atomic mass is 16.2. The number of rotatable bonds is 6. The van der Waals surface area contributed by atoms with E-state index in [-0.39, 0.29) is 18.0 Å². The van der Waals surface area contributed by atoms with E-state index in [1.54, 1.807) is 6.20 Å². The minimum absolute atomic E-state index is 0.142. The predicted octanol–water partition coefficient (Wildman–Crippen LogP) is 2.62. The molecule has 1 saturated heterocycles. The maximum Gasteiger partial charge on any atom is 0.244 e. The monoisotopic (exact) mass is 326 g/mol. The number of nitrogens with one attached hydrogen (secondary N) is 1. The second-order valence-corrected chi connectivity index (χ2v) is 6.53. The largest absolute Gasteiger partial charge is 0.341 e. The van der Waals surface area contributed by atoms with Gasteiger partial charge in [0.15, 0.2) is 0 Å². The summed E-state index contributed by atoms with van der Waals surface area (Å²) in [7, 11) is 0. The standard InChI is InChI=1S/C19H26N4O/c1-16(15-23-14-8-11-20-23)21-18(17-9-4-2-5-10-17)19(24)22-12-6-3-7-13-22/h2,4-5,8-11,14,16,18,21H,3,6-7,12-13,15H2,1H3/t16-,18-/m1/s1. The molecule has 0 aliphatic carbocycles. The molecule has 0 unspecified atom stereocenters. The summed E-state index contributed by atoms with van der Waals surface area (Å²) in [4.78, 5) is 15.1. The molecule has 0 spiro atoms. The smallest absolute Gasteiger partial charge is 0.244 e. The first kappa shape index (κ1) is 16.7. The van der Waals surface area contributed by atoms with Crippen LogP contribution in [0.5, 0.6) is 0 Å². The highest BCUT2D eigenvalue weighted by Crippen LogP contribution is 2.20. The maximum atomic E-state index is 13.1. The number of carbonyl (C=O) groups is 1. The van der Waals surface area contributed by atoms with E-state index in [2.05, 4.69) is 17.3 Å². The molecular formula is C19H26N4O. The highest BCUT2D eigenvalue weighted by molar-refractivity contribution is 5.83. The lowest BCUT2D eigenvalue weighted by Gasteiger charge is -2.32. The van der Waals surface area contributed by atoms with Crippen molar-refractivity contribution < 1.29 is 4.79 Å². The molecule has 1 N–H and O–H groups in total. The molecule has 24 heavy (non-hydrogen) atoms. The van der Waals surface area contributed by atoms with Crippen LogP contribution in [0.25, 0.3) is 0 Å². The second-order valence-electron chi connectivity index (χ2n) is 6.53. The van der Waals surface area contributed by atoms with Crippen molar-refractivity contribution in [1.29, 1.82) is 0 Å². The van der Waals surface area contributed by atoms with Gasteiger partial charge < -0.3 is 4.90 Å². The first-order valence-electron chi connectivity index (χ1n) is 8.81. The van der Waals surface area contributed by atoms with Crippen molar-refractivity contribution in [1.82, 2.24) is 20.0 Å². The minimum Gasteiger partial charge on any atom is -0.341 e. The van der Waals surface area contributed by atoms with Crippen LogP contribution < -0.4 is 5.32 Å². The van der Waals surface area contributed by atoms with Crippen LogP contribution in [0, 0.1) is 0 Å². The summed E-state index contributed by atoms with van der Waals surface area (Å²) in [6, 6.07) is 11.8. The van der Waals surface area contributed by atoms with Gasteiger partial charge >= 0.3 is 0 Å². The number of amides is 1. The molecule has 128 valence electrons. The SMILES string of the molecule is C[C@H](Cn1cccn1)N[C@@H](C(=O)N1CCCCC1)c1ccccc1. The van der Waals surface area contributed by atoms with Crippen molar-refractivity contribution in [3.63, 3.8) is 0 Å². The summed E-state index contributed by atoms with van der Waals surface area (Å²) in [5.74, 6) is 0.188. The average Bonchev–Trinajstić information content (AvgIpc) is 3.13. The van der Waals surface area contributed by atoms with Crippen molar-refractivity contribution in [2.45, 2.75) is 44.8 Å². The molecule has 2 aromatic rings. The van der Waals surface area contributed by atoms with Gasteiger partial charge in [-0.2, -0.15) is 5.10 Å². The number of benzene rings is 1. The molecular weight excluding hydrogens is 300 g/mol. The zero-order chi connectivity index (χ0) is 16.8. The summed E-state index contributed by atoms with van der Waals surface area (Å²) in [5.41, 5.74) is 1.03. The molecule has 5 heteroatoms. The van der Waals surface area contributed by atoms with E-state index in [0.29, 0.717) is 0 Å². The van der Waals surface area contributed by atoms with Crippen LogP contribution >= 0.6 is 0 Å². The van der Waals surface area contributed by atoms with Gasteiger partial charge in [-0.15, -0.1) is 0 Å². The predicted molar refractivity (Wildman–Crippen MR) is 94.4 cm³/mol. The Morgan fingerprint density at radius 1 is 1.17 bits per heavy atom. The lowest BCUT2D eigenvalue weighted by molar-refractivity contribution is -0.134. The Balaban J connectivity index is 1.73. The summed E-state index contributed by atoms with van der Waals surface area (Å²) < 4.78 is 1.89. The van der Waals surface area contributed by atoms with Crippen molar-refractivity contribution in [3.05, 3.63) is 54.4 Å². The Morgan fingerprint density at radius 2 is 1.92 bits per heavy atom. The fourth-order valence-electron chi connectivity index (χ4n) is 3.28. The highest BCUT2D eigenvalue weighted by Gasteiger charge is 2.27. The number of piperidine rings is 1.